The topological polar surface area (TPSA) is 86.8 Å². The molecule has 3 rings (SSSR count). The fraction of sp³-hybridized carbons (Fsp3) is 0.310. The van der Waals surface area contributed by atoms with Crippen LogP contribution in [0.2, 0.25) is 5.02 Å². The van der Waals surface area contributed by atoms with Gasteiger partial charge in [0.15, 0.2) is 0 Å². The third kappa shape index (κ3) is 7.36. The van der Waals surface area contributed by atoms with Gasteiger partial charge in [0.1, 0.15) is 12.6 Å². The van der Waals surface area contributed by atoms with Gasteiger partial charge in [-0.05, 0) is 76.6 Å². The molecule has 7 nitrogen and oxygen atoms in total. The van der Waals surface area contributed by atoms with Gasteiger partial charge in [-0.15, -0.1) is 0 Å². The van der Waals surface area contributed by atoms with Crippen LogP contribution in [0, 0.1) is 13.8 Å². The zero-order valence-corrected chi connectivity index (χ0v) is 23.9. The van der Waals surface area contributed by atoms with Crippen LogP contribution >= 0.6 is 11.6 Å². The van der Waals surface area contributed by atoms with Crippen molar-refractivity contribution in [2.24, 2.45) is 0 Å². The Labute approximate surface area is 230 Å². The highest BCUT2D eigenvalue weighted by Crippen LogP contribution is 2.25. The number of carbonyl (C=O) groups excluding carboxylic acids is 2. The largest absolute Gasteiger partial charge is 0.352 e. The van der Waals surface area contributed by atoms with E-state index in [9.17, 15) is 18.0 Å². The summed E-state index contributed by atoms with van der Waals surface area (Å²) in [5, 5.41) is 3.33. The number of anilines is 1. The first-order valence-corrected chi connectivity index (χ1v) is 14.2. The number of aryl methyl sites for hydroxylation is 2. The van der Waals surface area contributed by atoms with Gasteiger partial charge in [-0.2, -0.15) is 0 Å². The van der Waals surface area contributed by atoms with Crippen molar-refractivity contribution >= 4 is 39.1 Å². The van der Waals surface area contributed by atoms with Crippen molar-refractivity contribution in [3.05, 3.63) is 94.5 Å². The highest BCUT2D eigenvalue weighted by Gasteiger charge is 2.32. The maximum Gasteiger partial charge on any atom is 0.264 e. The molecule has 0 bridgehead atoms. The normalized spacial score (nSPS) is 12.2. The molecular weight excluding hydrogens is 522 g/mol. The van der Waals surface area contributed by atoms with Gasteiger partial charge in [-0.25, -0.2) is 8.42 Å². The molecule has 0 heterocycles. The molecule has 1 N–H and O–H groups in total. The Morgan fingerprint density at radius 1 is 0.895 bits per heavy atom. The molecule has 0 unspecified atom stereocenters. The van der Waals surface area contributed by atoms with Crippen molar-refractivity contribution in [2.75, 3.05) is 10.8 Å². The molecule has 2 amide bonds. The van der Waals surface area contributed by atoms with E-state index < -0.39 is 28.5 Å². The SMILES string of the molecule is Cc1ccc(N(CC(=O)N(Cc2cccc(Cl)c2)[C@@H](C)C(=O)NC(C)C)S(=O)(=O)c2ccc(C)cc2)cc1. The second-order valence-electron chi connectivity index (χ2n) is 9.65. The minimum atomic E-state index is -4.09. The summed E-state index contributed by atoms with van der Waals surface area (Å²) in [5.74, 6) is -0.855. The van der Waals surface area contributed by atoms with Gasteiger partial charge in [0.2, 0.25) is 11.8 Å². The third-order valence-electron chi connectivity index (χ3n) is 6.05. The molecule has 0 aliphatic heterocycles. The van der Waals surface area contributed by atoms with Crippen LogP contribution < -0.4 is 9.62 Å². The minimum Gasteiger partial charge on any atom is -0.352 e. The first-order chi connectivity index (χ1) is 17.9. The molecule has 38 heavy (non-hydrogen) atoms. The number of rotatable bonds is 10. The van der Waals surface area contributed by atoms with E-state index in [1.807, 2.05) is 27.7 Å². The summed E-state index contributed by atoms with van der Waals surface area (Å²) in [6, 6.07) is 19.4. The highest BCUT2D eigenvalue weighted by molar-refractivity contribution is 7.92. The van der Waals surface area contributed by atoms with Crippen LogP contribution in [0.25, 0.3) is 0 Å². The molecule has 3 aromatic carbocycles. The lowest BCUT2D eigenvalue weighted by Crippen LogP contribution is -2.52. The van der Waals surface area contributed by atoms with E-state index in [2.05, 4.69) is 5.32 Å². The Morgan fingerprint density at radius 3 is 2.03 bits per heavy atom. The van der Waals surface area contributed by atoms with Gasteiger partial charge in [-0.3, -0.25) is 13.9 Å². The highest BCUT2D eigenvalue weighted by atomic mass is 35.5. The molecule has 202 valence electrons. The Hall–Kier alpha value is -3.36. The quantitative estimate of drug-likeness (QED) is 0.377. The number of amides is 2. The molecule has 0 aromatic heterocycles. The monoisotopic (exact) mass is 555 g/mol. The van der Waals surface area contributed by atoms with Crippen molar-refractivity contribution < 1.29 is 18.0 Å². The molecule has 1 atom stereocenters. The van der Waals surface area contributed by atoms with Gasteiger partial charge in [0.25, 0.3) is 10.0 Å². The average Bonchev–Trinajstić information content (AvgIpc) is 2.86. The van der Waals surface area contributed by atoms with Gasteiger partial charge in [0, 0.05) is 17.6 Å². The third-order valence-corrected chi connectivity index (χ3v) is 8.07. The van der Waals surface area contributed by atoms with E-state index in [1.54, 1.807) is 67.6 Å². The molecule has 0 saturated heterocycles. The Morgan fingerprint density at radius 2 is 1.47 bits per heavy atom. The Kier molecular flexibility index (Phi) is 9.57. The predicted octanol–water partition coefficient (Wildman–Crippen LogP) is 5.09. The summed E-state index contributed by atoms with van der Waals surface area (Å²) in [6.07, 6.45) is 0. The fourth-order valence-electron chi connectivity index (χ4n) is 3.90. The number of sulfonamides is 1. The van der Waals surface area contributed by atoms with E-state index in [0.29, 0.717) is 10.7 Å². The molecule has 0 saturated carbocycles. The van der Waals surface area contributed by atoms with E-state index in [4.69, 9.17) is 11.6 Å². The second kappa shape index (κ2) is 12.5. The average molecular weight is 556 g/mol. The van der Waals surface area contributed by atoms with Gasteiger partial charge < -0.3 is 10.2 Å². The van der Waals surface area contributed by atoms with Gasteiger partial charge in [-0.1, -0.05) is 59.1 Å². The molecule has 0 spiro atoms. The summed E-state index contributed by atoms with van der Waals surface area (Å²) in [4.78, 5) is 28.2. The van der Waals surface area contributed by atoms with Crippen molar-refractivity contribution in [3.63, 3.8) is 0 Å². The van der Waals surface area contributed by atoms with Crippen LogP contribution in [0.1, 0.15) is 37.5 Å². The standard InChI is InChI=1S/C29H34ClN3O4S/c1-20(2)31-29(35)23(5)32(18-24-7-6-8-25(30)17-24)28(34)19-33(26-13-9-21(3)10-14-26)38(36,37)27-15-11-22(4)12-16-27/h6-17,20,23H,18-19H2,1-5H3,(H,31,35)/t23-/m0/s1. The van der Waals surface area contributed by atoms with Crippen LogP contribution in [-0.2, 0) is 26.2 Å². The van der Waals surface area contributed by atoms with Gasteiger partial charge >= 0.3 is 0 Å². The van der Waals surface area contributed by atoms with E-state index in [1.165, 1.54) is 17.0 Å². The first-order valence-electron chi connectivity index (χ1n) is 12.4. The van der Waals surface area contributed by atoms with Crippen LogP contribution in [-0.4, -0.2) is 43.8 Å². The van der Waals surface area contributed by atoms with Gasteiger partial charge in [0.05, 0.1) is 10.6 Å². The van der Waals surface area contributed by atoms with Crippen molar-refractivity contribution in [3.8, 4) is 0 Å². The number of carbonyl (C=O) groups is 2. The van der Waals surface area contributed by atoms with E-state index in [0.717, 1.165) is 21.0 Å². The number of hydrogen-bond acceptors (Lipinski definition) is 4. The van der Waals surface area contributed by atoms with E-state index >= 15 is 0 Å². The first kappa shape index (κ1) is 29.2. The number of benzene rings is 3. The molecule has 0 aliphatic carbocycles. The number of nitrogens with zero attached hydrogens (tertiary/aromatic N) is 2. The summed E-state index contributed by atoms with van der Waals surface area (Å²) in [6.45, 7) is 8.66. The lowest BCUT2D eigenvalue weighted by molar-refractivity contribution is -0.139. The summed E-state index contributed by atoms with van der Waals surface area (Å²) < 4.78 is 28.7. The lowest BCUT2D eigenvalue weighted by atomic mass is 10.1. The Bertz CT molecular complexity index is 1370. The van der Waals surface area contributed by atoms with Crippen LogP contribution in [0.3, 0.4) is 0 Å². The predicted molar refractivity (Wildman–Crippen MR) is 152 cm³/mol. The maximum atomic E-state index is 13.9. The summed E-state index contributed by atoms with van der Waals surface area (Å²) in [5.41, 5.74) is 2.94. The molecule has 3 aromatic rings. The molecule has 0 radical (unpaired) electrons. The lowest BCUT2D eigenvalue weighted by Gasteiger charge is -2.32. The van der Waals surface area contributed by atoms with Crippen LogP contribution in [0.4, 0.5) is 5.69 Å². The molecular formula is C29H34ClN3O4S. The smallest absolute Gasteiger partial charge is 0.264 e. The Balaban J connectivity index is 2.02. The van der Waals surface area contributed by atoms with Crippen LogP contribution in [0.5, 0.6) is 0 Å². The number of halogens is 1. The van der Waals surface area contributed by atoms with Crippen molar-refractivity contribution in [1.29, 1.82) is 0 Å². The zero-order valence-electron chi connectivity index (χ0n) is 22.3. The molecule has 0 fully saturated rings. The minimum absolute atomic E-state index is 0.0727. The van der Waals surface area contributed by atoms with E-state index in [-0.39, 0.29) is 23.4 Å². The zero-order chi connectivity index (χ0) is 28.0. The van der Waals surface area contributed by atoms with Crippen LogP contribution in [0.15, 0.2) is 77.7 Å². The van der Waals surface area contributed by atoms with Crippen molar-refractivity contribution in [2.45, 2.75) is 58.1 Å². The summed E-state index contributed by atoms with van der Waals surface area (Å²) >= 11 is 6.16. The van der Waals surface area contributed by atoms with Crippen molar-refractivity contribution in [1.82, 2.24) is 10.2 Å². The maximum absolute atomic E-state index is 13.9. The number of nitrogens with one attached hydrogen (secondary N) is 1. The molecule has 0 aliphatic rings. The summed E-state index contributed by atoms with van der Waals surface area (Å²) in [7, 11) is -4.09. The fourth-order valence-corrected chi connectivity index (χ4v) is 5.52. The number of hydrogen-bond donors (Lipinski definition) is 1. The second-order valence-corrected chi connectivity index (χ2v) is 11.9. The molecule has 9 heteroatoms.